The maximum absolute atomic E-state index is 11.9. The monoisotopic (exact) mass is 265 g/mol. The summed E-state index contributed by atoms with van der Waals surface area (Å²) in [5, 5.41) is 0.735. The molecule has 2 aromatic carbocycles. The maximum Gasteiger partial charge on any atom is 0.343 e. The molecule has 0 radical (unpaired) electrons. The van der Waals surface area contributed by atoms with Crippen LogP contribution in [0.15, 0.2) is 54.7 Å². The van der Waals surface area contributed by atoms with Gasteiger partial charge in [0.25, 0.3) is 0 Å². The minimum Gasteiger partial charge on any atom is -0.423 e. The molecule has 0 fully saturated rings. The van der Waals surface area contributed by atoms with Gasteiger partial charge < -0.3 is 9.72 Å². The quantitative estimate of drug-likeness (QED) is 0.449. The number of nitrogens with one attached hydrogen (secondary N) is 1. The van der Waals surface area contributed by atoms with Gasteiger partial charge in [0.05, 0.1) is 5.56 Å². The first-order valence-electron chi connectivity index (χ1n) is 6.11. The van der Waals surface area contributed by atoms with Crippen molar-refractivity contribution in [1.29, 1.82) is 0 Å². The lowest BCUT2D eigenvalue weighted by molar-refractivity contribution is 0.0735. The van der Waals surface area contributed by atoms with E-state index in [9.17, 15) is 9.59 Å². The van der Waals surface area contributed by atoms with E-state index in [0.717, 1.165) is 17.2 Å². The molecule has 0 saturated heterocycles. The number of aromatic amines is 1. The van der Waals surface area contributed by atoms with E-state index in [2.05, 4.69) is 4.98 Å². The van der Waals surface area contributed by atoms with Crippen LogP contribution in [0.2, 0.25) is 0 Å². The number of carbonyl (C=O) groups is 2. The average molecular weight is 265 g/mol. The number of hydrogen-bond acceptors (Lipinski definition) is 3. The van der Waals surface area contributed by atoms with E-state index in [0.29, 0.717) is 16.9 Å². The molecule has 0 spiro atoms. The molecule has 20 heavy (non-hydrogen) atoms. The number of ether oxygens (including phenoxy) is 1. The van der Waals surface area contributed by atoms with Crippen molar-refractivity contribution in [1.82, 2.24) is 4.98 Å². The molecule has 3 aromatic rings. The van der Waals surface area contributed by atoms with Gasteiger partial charge in [-0.1, -0.05) is 18.2 Å². The smallest absolute Gasteiger partial charge is 0.343 e. The van der Waals surface area contributed by atoms with Gasteiger partial charge >= 0.3 is 5.97 Å². The Hall–Kier alpha value is -2.88. The zero-order valence-electron chi connectivity index (χ0n) is 10.5. The lowest BCUT2D eigenvalue weighted by Gasteiger charge is -2.04. The van der Waals surface area contributed by atoms with Gasteiger partial charge in [0, 0.05) is 22.7 Å². The fourth-order valence-electron chi connectivity index (χ4n) is 2.02. The van der Waals surface area contributed by atoms with Crippen LogP contribution in [0.3, 0.4) is 0 Å². The molecular formula is C16H11NO3. The summed E-state index contributed by atoms with van der Waals surface area (Å²) in [6, 6.07) is 13.9. The van der Waals surface area contributed by atoms with E-state index >= 15 is 0 Å². The van der Waals surface area contributed by atoms with Crippen LogP contribution < -0.4 is 4.74 Å². The Balaban J connectivity index is 1.91. The Labute approximate surface area is 115 Å². The van der Waals surface area contributed by atoms with Crippen LogP contribution in [0.25, 0.3) is 10.9 Å². The molecule has 0 aliphatic carbocycles. The van der Waals surface area contributed by atoms with Crippen LogP contribution in [-0.4, -0.2) is 17.2 Å². The van der Waals surface area contributed by atoms with Crippen LogP contribution >= 0.6 is 0 Å². The van der Waals surface area contributed by atoms with Crippen molar-refractivity contribution in [3.05, 3.63) is 65.9 Å². The van der Waals surface area contributed by atoms with Crippen molar-refractivity contribution < 1.29 is 14.3 Å². The van der Waals surface area contributed by atoms with E-state index in [-0.39, 0.29) is 0 Å². The molecule has 0 atom stereocenters. The standard InChI is InChI=1S/C16H11NO3/c18-10-12-9-17-15-7-6-13(8-14(12)15)20-16(19)11-4-2-1-3-5-11/h1-10,17H. The van der Waals surface area contributed by atoms with E-state index < -0.39 is 5.97 Å². The molecule has 3 rings (SSSR count). The molecule has 0 aliphatic rings. The first-order chi connectivity index (χ1) is 9.78. The number of rotatable bonds is 3. The lowest BCUT2D eigenvalue weighted by atomic mass is 10.2. The van der Waals surface area contributed by atoms with E-state index in [1.807, 2.05) is 6.07 Å². The molecule has 98 valence electrons. The summed E-state index contributed by atoms with van der Waals surface area (Å²) in [6.07, 6.45) is 2.39. The molecule has 1 N–H and O–H groups in total. The van der Waals surface area contributed by atoms with E-state index in [1.165, 1.54) is 0 Å². The highest BCUT2D eigenvalue weighted by Crippen LogP contribution is 2.23. The molecule has 1 aromatic heterocycles. The Morgan fingerprint density at radius 3 is 2.65 bits per heavy atom. The van der Waals surface area contributed by atoms with Crippen LogP contribution in [0.1, 0.15) is 20.7 Å². The molecule has 1 heterocycles. The highest BCUT2D eigenvalue weighted by atomic mass is 16.5. The fraction of sp³-hybridized carbons (Fsp3) is 0. The minimum atomic E-state index is -0.423. The SMILES string of the molecule is O=Cc1c[nH]c2ccc(OC(=O)c3ccccc3)cc12. The molecule has 0 unspecified atom stereocenters. The second kappa shape index (κ2) is 5.01. The summed E-state index contributed by atoms with van der Waals surface area (Å²) >= 11 is 0. The third kappa shape index (κ3) is 2.19. The fourth-order valence-corrected chi connectivity index (χ4v) is 2.02. The van der Waals surface area contributed by atoms with Gasteiger partial charge in [-0.25, -0.2) is 4.79 Å². The highest BCUT2D eigenvalue weighted by Gasteiger charge is 2.09. The summed E-state index contributed by atoms with van der Waals surface area (Å²) in [5.41, 5.74) is 1.85. The van der Waals surface area contributed by atoms with Gasteiger partial charge in [0.15, 0.2) is 6.29 Å². The number of fused-ring (bicyclic) bond motifs is 1. The molecule has 0 bridgehead atoms. The molecule has 0 saturated carbocycles. The van der Waals surface area contributed by atoms with Crippen LogP contribution in [0, 0.1) is 0 Å². The maximum atomic E-state index is 11.9. The summed E-state index contributed by atoms with van der Waals surface area (Å²) in [5.74, 6) is -0.0119. The summed E-state index contributed by atoms with van der Waals surface area (Å²) in [4.78, 5) is 25.8. The average Bonchev–Trinajstić information content (AvgIpc) is 2.90. The van der Waals surface area contributed by atoms with Crippen molar-refractivity contribution >= 4 is 23.2 Å². The van der Waals surface area contributed by atoms with Crippen molar-refractivity contribution in [2.45, 2.75) is 0 Å². The van der Waals surface area contributed by atoms with Crippen LogP contribution in [-0.2, 0) is 0 Å². The number of carbonyl (C=O) groups excluding carboxylic acids is 2. The number of H-pyrrole nitrogens is 1. The Morgan fingerprint density at radius 2 is 1.90 bits per heavy atom. The topological polar surface area (TPSA) is 59.2 Å². The van der Waals surface area contributed by atoms with Crippen molar-refractivity contribution in [2.75, 3.05) is 0 Å². The number of aromatic nitrogens is 1. The van der Waals surface area contributed by atoms with Gasteiger partial charge in [-0.15, -0.1) is 0 Å². The normalized spacial score (nSPS) is 10.4. The number of benzene rings is 2. The van der Waals surface area contributed by atoms with Gasteiger partial charge in [-0.2, -0.15) is 0 Å². The molecule has 4 nitrogen and oxygen atoms in total. The Morgan fingerprint density at radius 1 is 1.10 bits per heavy atom. The number of esters is 1. The van der Waals surface area contributed by atoms with Crippen molar-refractivity contribution in [3.8, 4) is 5.75 Å². The molecular weight excluding hydrogens is 254 g/mol. The van der Waals surface area contributed by atoms with Crippen LogP contribution in [0.5, 0.6) is 5.75 Å². The first-order valence-corrected chi connectivity index (χ1v) is 6.11. The lowest BCUT2D eigenvalue weighted by Crippen LogP contribution is -2.07. The molecule has 0 aliphatic heterocycles. The second-order valence-electron chi connectivity index (χ2n) is 4.32. The highest BCUT2D eigenvalue weighted by molar-refractivity contribution is 5.98. The van der Waals surface area contributed by atoms with E-state index in [1.54, 1.807) is 48.7 Å². The summed E-state index contributed by atoms with van der Waals surface area (Å²) in [7, 11) is 0. The predicted octanol–water partition coefficient (Wildman–Crippen LogP) is 3.20. The molecule has 4 heteroatoms. The largest absolute Gasteiger partial charge is 0.423 e. The third-order valence-corrected chi connectivity index (χ3v) is 3.03. The van der Waals surface area contributed by atoms with Gasteiger partial charge in [0.2, 0.25) is 0 Å². The predicted molar refractivity (Wildman–Crippen MR) is 75.1 cm³/mol. The van der Waals surface area contributed by atoms with Crippen molar-refractivity contribution in [3.63, 3.8) is 0 Å². The van der Waals surface area contributed by atoms with Gasteiger partial charge in [0.1, 0.15) is 5.75 Å². The van der Waals surface area contributed by atoms with Crippen LogP contribution in [0.4, 0.5) is 0 Å². The Kier molecular flexibility index (Phi) is 3.05. The first kappa shape index (κ1) is 12.2. The molecule has 0 amide bonds. The summed E-state index contributed by atoms with van der Waals surface area (Å²) in [6.45, 7) is 0. The van der Waals surface area contributed by atoms with Gasteiger partial charge in [-0.05, 0) is 30.3 Å². The zero-order chi connectivity index (χ0) is 13.9. The number of aldehydes is 1. The second-order valence-corrected chi connectivity index (χ2v) is 4.32. The van der Waals surface area contributed by atoms with Crippen molar-refractivity contribution in [2.24, 2.45) is 0 Å². The summed E-state index contributed by atoms with van der Waals surface area (Å²) < 4.78 is 5.31. The minimum absolute atomic E-state index is 0.411. The number of hydrogen-bond donors (Lipinski definition) is 1. The van der Waals surface area contributed by atoms with E-state index in [4.69, 9.17) is 4.74 Å². The zero-order valence-corrected chi connectivity index (χ0v) is 10.5. The van der Waals surface area contributed by atoms with Gasteiger partial charge in [-0.3, -0.25) is 4.79 Å². The Bertz CT molecular complexity index is 775. The third-order valence-electron chi connectivity index (χ3n) is 3.03.